The third-order valence-corrected chi connectivity index (χ3v) is 4.04. The molecule has 0 aliphatic heterocycles. The second-order valence-corrected chi connectivity index (χ2v) is 6.24. The summed E-state index contributed by atoms with van der Waals surface area (Å²) in [6.45, 7) is 1.69. The van der Waals surface area contributed by atoms with Crippen LogP contribution in [0.1, 0.15) is 30.9 Å². The van der Waals surface area contributed by atoms with Gasteiger partial charge < -0.3 is 15.5 Å². The molecule has 3 N–H and O–H groups in total. The molecular formula is C20H25NO3. The minimum absolute atomic E-state index is 0.144. The molecule has 1 atom stereocenters. The number of aliphatic hydroxyl groups excluding tert-OH is 1. The minimum Gasteiger partial charge on any atom is -0.396 e. The van der Waals surface area contributed by atoms with Gasteiger partial charge in [0.2, 0.25) is 0 Å². The minimum atomic E-state index is -1.43. The molecule has 0 aliphatic rings. The van der Waals surface area contributed by atoms with Crippen molar-refractivity contribution in [2.75, 3.05) is 11.9 Å². The predicted octanol–water partition coefficient (Wildman–Crippen LogP) is 2.93. The molecule has 2 aromatic rings. The van der Waals surface area contributed by atoms with Gasteiger partial charge in [0.25, 0.3) is 5.91 Å². The zero-order chi connectivity index (χ0) is 17.4. The molecule has 2 aromatic carbocycles. The largest absolute Gasteiger partial charge is 0.396 e. The van der Waals surface area contributed by atoms with E-state index in [0.29, 0.717) is 24.9 Å². The van der Waals surface area contributed by atoms with E-state index in [-0.39, 0.29) is 6.61 Å². The monoisotopic (exact) mass is 327 g/mol. The molecule has 2 rings (SSSR count). The highest BCUT2D eigenvalue weighted by Gasteiger charge is 2.29. The van der Waals surface area contributed by atoms with Crippen molar-refractivity contribution in [3.8, 4) is 0 Å². The third-order valence-electron chi connectivity index (χ3n) is 4.04. The molecular weight excluding hydrogens is 302 g/mol. The smallest absolute Gasteiger partial charge is 0.256 e. The van der Waals surface area contributed by atoms with Crippen molar-refractivity contribution in [2.45, 2.75) is 38.2 Å². The number of aryl methyl sites for hydroxylation is 2. The van der Waals surface area contributed by atoms with Crippen LogP contribution in [0, 0.1) is 0 Å². The SMILES string of the molecule is C[C@@](O)(CCc1ccccc1)C(=O)Nc1cccc(CCCO)c1. The summed E-state index contributed by atoms with van der Waals surface area (Å²) < 4.78 is 0. The van der Waals surface area contributed by atoms with Gasteiger partial charge in [0.15, 0.2) is 0 Å². The summed E-state index contributed by atoms with van der Waals surface area (Å²) in [7, 11) is 0. The first-order valence-electron chi connectivity index (χ1n) is 8.29. The molecule has 0 aromatic heterocycles. The lowest BCUT2D eigenvalue weighted by molar-refractivity contribution is -0.132. The van der Waals surface area contributed by atoms with E-state index in [9.17, 15) is 9.90 Å². The standard InChI is InChI=1S/C20H25NO3/c1-20(24,13-12-16-7-3-2-4-8-16)19(23)21-18-11-5-9-17(15-18)10-6-14-22/h2-5,7-9,11,15,22,24H,6,10,12-14H2,1H3,(H,21,23)/t20-/m1/s1. The average molecular weight is 327 g/mol. The van der Waals surface area contributed by atoms with Crippen LogP contribution in [-0.2, 0) is 17.6 Å². The molecule has 0 aliphatic carbocycles. The van der Waals surface area contributed by atoms with Crippen molar-refractivity contribution < 1.29 is 15.0 Å². The van der Waals surface area contributed by atoms with Crippen LogP contribution >= 0.6 is 0 Å². The fraction of sp³-hybridized carbons (Fsp3) is 0.350. The zero-order valence-corrected chi connectivity index (χ0v) is 14.0. The van der Waals surface area contributed by atoms with Gasteiger partial charge in [-0.1, -0.05) is 42.5 Å². The lowest BCUT2D eigenvalue weighted by Gasteiger charge is -2.22. The van der Waals surface area contributed by atoms with Gasteiger partial charge in [-0.25, -0.2) is 0 Å². The highest BCUT2D eigenvalue weighted by molar-refractivity contribution is 5.96. The highest BCUT2D eigenvalue weighted by atomic mass is 16.3. The van der Waals surface area contributed by atoms with Crippen molar-refractivity contribution in [1.29, 1.82) is 0 Å². The summed E-state index contributed by atoms with van der Waals surface area (Å²) in [5.41, 5.74) is 1.37. The number of carbonyl (C=O) groups excluding carboxylic acids is 1. The number of carbonyl (C=O) groups is 1. The molecule has 0 saturated heterocycles. The first-order chi connectivity index (χ1) is 11.5. The maximum atomic E-state index is 12.4. The molecule has 128 valence electrons. The number of rotatable bonds is 8. The summed E-state index contributed by atoms with van der Waals surface area (Å²) in [6, 6.07) is 17.3. The Labute approximate surface area is 143 Å². The Bertz CT molecular complexity index is 653. The van der Waals surface area contributed by atoms with E-state index in [1.165, 1.54) is 0 Å². The Kier molecular flexibility index (Phi) is 6.53. The van der Waals surface area contributed by atoms with Gasteiger partial charge in [0, 0.05) is 12.3 Å². The lowest BCUT2D eigenvalue weighted by atomic mass is 9.95. The molecule has 0 saturated carbocycles. The molecule has 0 fully saturated rings. The molecule has 0 spiro atoms. The van der Waals surface area contributed by atoms with E-state index < -0.39 is 11.5 Å². The summed E-state index contributed by atoms with van der Waals surface area (Å²) in [6.07, 6.45) is 2.43. The van der Waals surface area contributed by atoms with Crippen LogP contribution in [0.3, 0.4) is 0 Å². The van der Waals surface area contributed by atoms with Crippen LogP contribution in [0.15, 0.2) is 54.6 Å². The van der Waals surface area contributed by atoms with E-state index in [1.807, 2.05) is 48.5 Å². The highest BCUT2D eigenvalue weighted by Crippen LogP contribution is 2.18. The van der Waals surface area contributed by atoms with Crippen molar-refractivity contribution >= 4 is 11.6 Å². The van der Waals surface area contributed by atoms with Crippen LogP contribution in [0.25, 0.3) is 0 Å². The molecule has 24 heavy (non-hydrogen) atoms. The van der Waals surface area contributed by atoms with E-state index in [4.69, 9.17) is 5.11 Å². The van der Waals surface area contributed by atoms with Crippen LogP contribution in [0.2, 0.25) is 0 Å². The third kappa shape index (κ3) is 5.48. The van der Waals surface area contributed by atoms with Gasteiger partial charge >= 0.3 is 0 Å². The molecule has 4 heteroatoms. The first-order valence-corrected chi connectivity index (χ1v) is 8.29. The van der Waals surface area contributed by atoms with Gasteiger partial charge in [-0.2, -0.15) is 0 Å². The van der Waals surface area contributed by atoms with E-state index in [1.54, 1.807) is 13.0 Å². The molecule has 0 bridgehead atoms. The number of aliphatic hydroxyl groups is 2. The second-order valence-electron chi connectivity index (χ2n) is 6.24. The van der Waals surface area contributed by atoms with Crippen molar-refractivity contribution in [3.05, 3.63) is 65.7 Å². The van der Waals surface area contributed by atoms with Crippen molar-refractivity contribution in [1.82, 2.24) is 0 Å². The first kappa shape index (κ1) is 18.2. The predicted molar refractivity (Wildman–Crippen MR) is 95.9 cm³/mol. The van der Waals surface area contributed by atoms with E-state index in [2.05, 4.69) is 5.32 Å². The number of hydrogen-bond donors (Lipinski definition) is 3. The Hall–Kier alpha value is -2.17. The number of anilines is 1. The topological polar surface area (TPSA) is 69.6 Å². The van der Waals surface area contributed by atoms with Crippen LogP contribution < -0.4 is 5.32 Å². The van der Waals surface area contributed by atoms with Crippen molar-refractivity contribution in [2.24, 2.45) is 0 Å². The quantitative estimate of drug-likeness (QED) is 0.698. The number of benzene rings is 2. The van der Waals surface area contributed by atoms with Gasteiger partial charge in [0.05, 0.1) is 0 Å². The molecule has 4 nitrogen and oxygen atoms in total. The van der Waals surface area contributed by atoms with Crippen LogP contribution in [0.5, 0.6) is 0 Å². The molecule has 0 radical (unpaired) electrons. The Morgan fingerprint density at radius 3 is 2.46 bits per heavy atom. The zero-order valence-electron chi connectivity index (χ0n) is 14.0. The normalized spacial score (nSPS) is 13.3. The Morgan fingerprint density at radius 1 is 1.04 bits per heavy atom. The number of amides is 1. The summed E-state index contributed by atoms with van der Waals surface area (Å²) in [4.78, 5) is 12.4. The van der Waals surface area contributed by atoms with Gasteiger partial charge in [-0.05, 0) is 55.9 Å². The summed E-state index contributed by atoms with van der Waals surface area (Å²) in [5, 5.41) is 22.2. The number of nitrogens with one attached hydrogen (secondary N) is 1. The van der Waals surface area contributed by atoms with Gasteiger partial charge in [-0.15, -0.1) is 0 Å². The summed E-state index contributed by atoms with van der Waals surface area (Å²) in [5.74, 6) is -0.405. The van der Waals surface area contributed by atoms with Crippen LogP contribution in [-0.4, -0.2) is 28.3 Å². The molecule has 0 heterocycles. The molecule has 1 amide bonds. The lowest BCUT2D eigenvalue weighted by Crippen LogP contribution is -2.40. The molecule has 0 unspecified atom stereocenters. The average Bonchev–Trinajstić information content (AvgIpc) is 2.59. The van der Waals surface area contributed by atoms with E-state index in [0.717, 1.165) is 17.5 Å². The maximum absolute atomic E-state index is 12.4. The second kappa shape index (κ2) is 8.62. The maximum Gasteiger partial charge on any atom is 0.256 e. The van der Waals surface area contributed by atoms with Gasteiger partial charge in [-0.3, -0.25) is 4.79 Å². The van der Waals surface area contributed by atoms with Crippen LogP contribution in [0.4, 0.5) is 5.69 Å². The fourth-order valence-electron chi connectivity index (χ4n) is 2.50. The summed E-state index contributed by atoms with van der Waals surface area (Å²) >= 11 is 0. The Morgan fingerprint density at radius 2 is 1.75 bits per heavy atom. The van der Waals surface area contributed by atoms with Crippen molar-refractivity contribution in [3.63, 3.8) is 0 Å². The fourth-order valence-corrected chi connectivity index (χ4v) is 2.50. The van der Waals surface area contributed by atoms with Gasteiger partial charge in [0.1, 0.15) is 5.60 Å². The number of hydrogen-bond acceptors (Lipinski definition) is 3. The Balaban J connectivity index is 1.94. The van der Waals surface area contributed by atoms with E-state index >= 15 is 0 Å².